The lowest BCUT2D eigenvalue weighted by Crippen LogP contribution is -2.05. The zero-order valence-corrected chi connectivity index (χ0v) is 11.9. The van der Waals surface area contributed by atoms with Crippen LogP contribution in [0, 0.1) is 0 Å². The highest BCUT2D eigenvalue weighted by molar-refractivity contribution is 7.98. The van der Waals surface area contributed by atoms with Gasteiger partial charge < -0.3 is 9.29 Å². The van der Waals surface area contributed by atoms with Gasteiger partial charge >= 0.3 is 5.97 Å². The molecule has 1 aromatic carbocycles. The van der Waals surface area contributed by atoms with Crippen molar-refractivity contribution in [1.29, 1.82) is 0 Å². The first-order valence-electron chi connectivity index (χ1n) is 5.16. The predicted molar refractivity (Wildman–Crippen MR) is 71.9 cm³/mol. The minimum atomic E-state index is -2.36. The van der Waals surface area contributed by atoms with Crippen molar-refractivity contribution in [2.45, 2.75) is 18.2 Å². The van der Waals surface area contributed by atoms with E-state index in [0.717, 1.165) is 11.3 Å². The number of hydrogen-bond acceptors (Lipinski definition) is 5. The standard InChI is InChI=1S/C11H14O2S.H3NO2S/c1-3-7-13-11(12)9-5-4-6-10(8-9)14-2;1-4(2)3/h4-6,8H,3,7H2,1-2H3;1H2,(H,2,3)/p-1. The van der Waals surface area contributed by atoms with Crippen molar-refractivity contribution in [3.63, 3.8) is 0 Å². The smallest absolute Gasteiger partial charge is 0.338 e. The first-order chi connectivity index (χ1) is 8.51. The Morgan fingerprint density at radius 3 is 2.67 bits per heavy atom. The van der Waals surface area contributed by atoms with Crippen LogP contribution in [-0.2, 0) is 16.0 Å². The molecule has 0 fully saturated rings. The number of hydrogen-bond donors (Lipinski definition) is 1. The zero-order chi connectivity index (χ0) is 14.0. The molecule has 0 aliphatic heterocycles. The Labute approximate surface area is 114 Å². The number of esters is 1. The predicted octanol–water partition coefficient (Wildman–Crippen LogP) is 1.71. The summed E-state index contributed by atoms with van der Waals surface area (Å²) in [5.74, 6) is -0.234. The van der Waals surface area contributed by atoms with Crippen LogP contribution in [0.5, 0.6) is 0 Å². The maximum absolute atomic E-state index is 11.4. The SMILES string of the molecule is CCCOC(=O)c1cccc(SC)c1.NS(=O)[O-]. The molecule has 0 spiro atoms. The minimum absolute atomic E-state index is 0.234. The van der Waals surface area contributed by atoms with E-state index in [1.165, 1.54) is 0 Å². The number of carbonyl (C=O) groups excluding carboxylic acids is 1. The molecule has 18 heavy (non-hydrogen) atoms. The van der Waals surface area contributed by atoms with Crippen LogP contribution in [0.4, 0.5) is 0 Å². The number of benzene rings is 1. The van der Waals surface area contributed by atoms with Crippen LogP contribution in [0.3, 0.4) is 0 Å². The lowest BCUT2D eigenvalue weighted by Gasteiger charge is -2.03. The van der Waals surface area contributed by atoms with Gasteiger partial charge in [0.2, 0.25) is 0 Å². The van der Waals surface area contributed by atoms with Crippen LogP contribution < -0.4 is 5.14 Å². The molecule has 0 amide bonds. The summed E-state index contributed by atoms with van der Waals surface area (Å²) in [6, 6.07) is 7.47. The third kappa shape index (κ3) is 8.24. The topological polar surface area (TPSA) is 92.5 Å². The quantitative estimate of drug-likeness (QED) is 0.518. The average molecular weight is 290 g/mol. The second-order valence-electron chi connectivity index (χ2n) is 3.13. The Bertz CT molecular complexity index is 394. The number of nitrogens with two attached hydrogens (primary N) is 1. The molecule has 1 atom stereocenters. The number of thioether (sulfide) groups is 1. The van der Waals surface area contributed by atoms with Crippen LogP contribution in [0.25, 0.3) is 0 Å². The Morgan fingerprint density at radius 1 is 1.56 bits per heavy atom. The van der Waals surface area contributed by atoms with Crippen LogP contribution in [0.2, 0.25) is 0 Å². The Morgan fingerprint density at radius 2 is 2.17 bits per heavy atom. The fraction of sp³-hybridized carbons (Fsp3) is 0.364. The highest BCUT2D eigenvalue weighted by Gasteiger charge is 2.06. The van der Waals surface area contributed by atoms with Crippen molar-refractivity contribution in [3.05, 3.63) is 29.8 Å². The summed E-state index contributed by atoms with van der Waals surface area (Å²) in [4.78, 5) is 12.5. The first kappa shape index (κ1) is 17.1. The second-order valence-corrected chi connectivity index (χ2v) is 4.53. The van der Waals surface area contributed by atoms with Crippen LogP contribution in [0.1, 0.15) is 23.7 Å². The minimum Gasteiger partial charge on any atom is -0.760 e. The van der Waals surface area contributed by atoms with E-state index >= 15 is 0 Å². The van der Waals surface area contributed by atoms with E-state index in [4.69, 9.17) is 13.5 Å². The Kier molecular flexibility index (Phi) is 9.57. The molecule has 2 N–H and O–H groups in total. The molecule has 5 nitrogen and oxygen atoms in total. The lowest BCUT2D eigenvalue weighted by atomic mass is 10.2. The summed E-state index contributed by atoms with van der Waals surface area (Å²) in [7, 11) is 0. The molecule has 0 aliphatic carbocycles. The van der Waals surface area contributed by atoms with Crippen molar-refractivity contribution in [2.24, 2.45) is 5.14 Å². The molecule has 0 saturated heterocycles. The number of rotatable bonds is 4. The molecule has 0 aromatic heterocycles. The summed E-state index contributed by atoms with van der Waals surface area (Å²) >= 11 is -0.745. The summed E-state index contributed by atoms with van der Waals surface area (Å²) in [6.07, 6.45) is 2.84. The highest BCUT2D eigenvalue weighted by atomic mass is 32.2. The normalized spacial score (nSPS) is 11.1. The van der Waals surface area contributed by atoms with E-state index in [0.29, 0.717) is 12.2 Å². The molecular weight excluding hydrogens is 274 g/mol. The molecule has 0 saturated carbocycles. The molecule has 1 unspecified atom stereocenters. The molecule has 1 aromatic rings. The molecular formula is C11H16NO4S2-. The third-order valence-electron chi connectivity index (χ3n) is 1.74. The second kappa shape index (κ2) is 10.1. The molecule has 1 rings (SSSR count). The van der Waals surface area contributed by atoms with Crippen molar-refractivity contribution in [1.82, 2.24) is 0 Å². The van der Waals surface area contributed by atoms with Crippen molar-refractivity contribution >= 4 is 29.0 Å². The summed E-state index contributed by atoms with van der Waals surface area (Å²) < 4.78 is 22.6. The number of ether oxygens (including phenoxy) is 1. The van der Waals surface area contributed by atoms with Gasteiger partial charge in [0.25, 0.3) is 0 Å². The molecule has 102 valence electrons. The van der Waals surface area contributed by atoms with Gasteiger partial charge in [-0.25, -0.2) is 4.79 Å². The summed E-state index contributed by atoms with van der Waals surface area (Å²) in [5.41, 5.74) is 0.630. The maximum Gasteiger partial charge on any atom is 0.338 e. The summed E-state index contributed by atoms with van der Waals surface area (Å²) in [5, 5.41) is 4.03. The van der Waals surface area contributed by atoms with Crippen LogP contribution in [0.15, 0.2) is 29.2 Å². The lowest BCUT2D eigenvalue weighted by molar-refractivity contribution is 0.0505. The van der Waals surface area contributed by atoms with E-state index < -0.39 is 11.3 Å². The third-order valence-corrected chi connectivity index (χ3v) is 2.47. The molecule has 0 radical (unpaired) electrons. The maximum atomic E-state index is 11.4. The van der Waals surface area contributed by atoms with Gasteiger partial charge in [0.15, 0.2) is 0 Å². The Hall–Kier alpha value is -0.890. The van der Waals surface area contributed by atoms with Crippen molar-refractivity contribution in [2.75, 3.05) is 12.9 Å². The van der Waals surface area contributed by atoms with Gasteiger partial charge in [0.1, 0.15) is 0 Å². The molecule has 0 heterocycles. The van der Waals surface area contributed by atoms with E-state index in [2.05, 4.69) is 5.14 Å². The van der Waals surface area contributed by atoms with Gasteiger partial charge in [-0.15, -0.1) is 11.8 Å². The molecule has 0 bridgehead atoms. The monoisotopic (exact) mass is 290 g/mol. The van der Waals surface area contributed by atoms with Gasteiger partial charge in [-0.3, -0.25) is 9.35 Å². The van der Waals surface area contributed by atoms with E-state index in [1.807, 2.05) is 31.4 Å². The highest BCUT2D eigenvalue weighted by Crippen LogP contribution is 2.16. The van der Waals surface area contributed by atoms with E-state index in [-0.39, 0.29) is 5.97 Å². The fourth-order valence-electron chi connectivity index (χ4n) is 1.03. The van der Waals surface area contributed by atoms with E-state index in [9.17, 15) is 4.79 Å². The van der Waals surface area contributed by atoms with Gasteiger partial charge in [0, 0.05) is 16.2 Å². The molecule has 0 aliphatic rings. The zero-order valence-electron chi connectivity index (χ0n) is 10.3. The van der Waals surface area contributed by atoms with Gasteiger partial charge in [-0.1, -0.05) is 13.0 Å². The molecule has 7 heteroatoms. The Balaban J connectivity index is 0.000000631. The van der Waals surface area contributed by atoms with Crippen LogP contribution in [-0.4, -0.2) is 27.6 Å². The first-order valence-corrected chi connectivity index (χ1v) is 7.52. The fourth-order valence-corrected chi connectivity index (χ4v) is 1.49. The van der Waals surface area contributed by atoms with Crippen molar-refractivity contribution < 1.29 is 18.3 Å². The largest absolute Gasteiger partial charge is 0.760 e. The van der Waals surface area contributed by atoms with Gasteiger partial charge in [-0.2, -0.15) is 0 Å². The average Bonchev–Trinajstić information content (AvgIpc) is 2.35. The van der Waals surface area contributed by atoms with Crippen LogP contribution >= 0.6 is 11.8 Å². The summed E-state index contributed by atoms with van der Waals surface area (Å²) in [6.45, 7) is 2.47. The van der Waals surface area contributed by atoms with Crippen molar-refractivity contribution in [3.8, 4) is 0 Å². The van der Waals surface area contributed by atoms with Gasteiger partial charge in [-0.05, 0) is 30.9 Å². The van der Waals surface area contributed by atoms with E-state index in [1.54, 1.807) is 17.8 Å². The van der Waals surface area contributed by atoms with Gasteiger partial charge in [0.05, 0.1) is 12.2 Å². The number of carbonyl (C=O) groups is 1.